The van der Waals surface area contributed by atoms with E-state index in [1.807, 2.05) is 6.92 Å². The zero-order chi connectivity index (χ0) is 13.0. The van der Waals surface area contributed by atoms with E-state index in [1.54, 1.807) is 6.20 Å². The van der Waals surface area contributed by atoms with Gasteiger partial charge in [-0.2, -0.15) is 4.98 Å². The average molecular weight is 249 g/mol. The third kappa shape index (κ3) is 2.72. The van der Waals surface area contributed by atoms with Crippen LogP contribution < -0.4 is 16.6 Å². The van der Waals surface area contributed by atoms with Gasteiger partial charge in [-0.15, -0.1) is 0 Å². The lowest BCUT2D eigenvalue weighted by molar-refractivity contribution is 0.306. The van der Waals surface area contributed by atoms with E-state index in [0.29, 0.717) is 11.4 Å². The zero-order valence-corrected chi connectivity index (χ0v) is 11.3. The first-order valence-corrected chi connectivity index (χ1v) is 6.73. The molecule has 0 aromatic carbocycles. The molecule has 1 aromatic rings. The molecule has 18 heavy (non-hydrogen) atoms. The first-order chi connectivity index (χ1) is 8.69. The molecular weight excluding hydrogens is 226 g/mol. The van der Waals surface area contributed by atoms with Gasteiger partial charge < -0.3 is 5.32 Å². The second kappa shape index (κ2) is 5.52. The summed E-state index contributed by atoms with van der Waals surface area (Å²) in [6.45, 7) is 5.29. The molecule has 5 nitrogen and oxygen atoms in total. The molecule has 0 aliphatic heterocycles. The molecule has 1 saturated carbocycles. The molecular formula is C13H23N5. The molecule has 0 unspecified atom stereocenters. The number of hydrogen-bond acceptors (Lipinski definition) is 5. The molecule has 1 aromatic heterocycles. The van der Waals surface area contributed by atoms with Crippen LogP contribution in [0.25, 0.3) is 0 Å². The number of nitrogens with one attached hydrogen (secondary N) is 2. The highest BCUT2D eigenvalue weighted by atomic mass is 15.3. The van der Waals surface area contributed by atoms with E-state index in [0.717, 1.165) is 17.9 Å². The van der Waals surface area contributed by atoms with Crippen molar-refractivity contribution >= 4 is 11.8 Å². The van der Waals surface area contributed by atoms with Crippen LogP contribution in [-0.4, -0.2) is 16.5 Å². The predicted octanol–water partition coefficient (Wildman–Crippen LogP) is 2.45. The smallest absolute Gasteiger partial charge is 0.239 e. The van der Waals surface area contributed by atoms with Crippen LogP contribution >= 0.6 is 0 Å². The Morgan fingerprint density at radius 3 is 2.72 bits per heavy atom. The highest BCUT2D eigenvalue weighted by Gasteiger charge is 2.31. The standard InChI is InChI=1S/C13H23N5/c1-3-13(6-4-5-7-13)9-16-11-10(2)8-15-12(17-11)18-14/h8H,3-7,9,14H2,1-2H3,(H2,15,16,17,18). The number of nitrogens with zero attached hydrogens (tertiary/aromatic N) is 2. The van der Waals surface area contributed by atoms with Crippen molar-refractivity contribution in [2.45, 2.75) is 46.0 Å². The molecule has 5 heteroatoms. The van der Waals surface area contributed by atoms with Gasteiger partial charge in [-0.3, -0.25) is 5.43 Å². The maximum atomic E-state index is 5.34. The fourth-order valence-electron chi connectivity index (χ4n) is 2.74. The Morgan fingerprint density at radius 1 is 1.39 bits per heavy atom. The third-order valence-electron chi connectivity index (χ3n) is 4.15. The van der Waals surface area contributed by atoms with E-state index in [2.05, 4.69) is 27.6 Å². The summed E-state index contributed by atoms with van der Waals surface area (Å²) in [5.74, 6) is 6.68. The van der Waals surface area contributed by atoms with Gasteiger partial charge in [0.15, 0.2) is 0 Å². The SMILES string of the molecule is CCC1(CNc2nc(NN)ncc2C)CCCC1. The van der Waals surface area contributed by atoms with Crippen LogP contribution in [0, 0.1) is 12.3 Å². The van der Waals surface area contributed by atoms with Crippen molar-refractivity contribution in [3.05, 3.63) is 11.8 Å². The number of rotatable bonds is 5. The molecule has 0 saturated heterocycles. The van der Waals surface area contributed by atoms with Gasteiger partial charge in [0.05, 0.1) is 0 Å². The molecule has 0 spiro atoms. The van der Waals surface area contributed by atoms with Crippen LogP contribution in [-0.2, 0) is 0 Å². The third-order valence-corrected chi connectivity index (χ3v) is 4.15. The number of hydrazine groups is 1. The molecule has 100 valence electrons. The highest BCUT2D eigenvalue weighted by Crippen LogP contribution is 2.40. The number of hydrogen-bond donors (Lipinski definition) is 3. The molecule has 1 fully saturated rings. The number of aryl methyl sites for hydroxylation is 1. The summed E-state index contributed by atoms with van der Waals surface area (Å²) < 4.78 is 0. The first kappa shape index (κ1) is 13.1. The second-order valence-corrected chi connectivity index (χ2v) is 5.28. The molecule has 2 rings (SSSR count). The van der Waals surface area contributed by atoms with Crippen molar-refractivity contribution in [2.24, 2.45) is 11.3 Å². The fourth-order valence-corrected chi connectivity index (χ4v) is 2.74. The lowest BCUT2D eigenvalue weighted by atomic mass is 9.83. The van der Waals surface area contributed by atoms with Crippen molar-refractivity contribution < 1.29 is 0 Å². The minimum absolute atomic E-state index is 0.452. The van der Waals surface area contributed by atoms with E-state index in [9.17, 15) is 0 Å². The van der Waals surface area contributed by atoms with Gasteiger partial charge in [-0.1, -0.05) is 19.8 Å². The van der Waals surface area contributed by atoms with Crippen LogP contribution in [0.3, 0.4) is 0 Å². The van der Waals surface area contributed by atoms with E-state index < -0.39 is 0 Å². The molecule has 1 heterocycles. The van der Waals surface area contributed by atoms with Crippen LogP contribution in [0.5, 0.6) is 0 Å². The summed E-state index contributed by atoms with van der Waals surface area (Å²) in [5, 5.41) is 3.47. The maximum absolute atomic E-state index is 5.34. The van der Waals surface area contributed by atoms with E-state index in [-0.39, 0.29) is 0 Å². The minimum atomic E-state index is 0.452. The van der Waals surface area contributed by atoms with Crippen molar-refractivity contribution in [2.75, 3.05) is 17.3 Å². The fraction of sp³-hybridized carbons (Fsp3) is 0.692. The van der Waals surface area contributed by atoms with Gasteiger partial charge in [-0.05, 0) is 31.6 Å². The Balaban J connectivity index is 2.05. The summed E-state index contributed by atoms with van der Waals surface area (Å²) in [5.41, 5.74) is 3.99. The first-order valence-electron chi connectivity index (χ1n) is 6.73. The van der Waals surface area contributed by atoms with Crippen molar-refractivity contribution in [1.29, 1.82) is 0 Å². The van der Waals surface area contributed by atoms with E-state index in [4.69, 9.17) is 5.84 Å². The quantitative estimate of drug-likeness (QED) is 0.552. The lowest BCUT2D eigenvalue weighted by Gasteiger charge is -2.28. The lowest BCUT2D eigenvalue weighted by Crippen LogP contribution is -2.26. The summed E-state index contributed by atoms with van der Waals surface area (Å²) in [4.78, 5) is 8.45. The summed E-state index contributed by atoms with van der Waals surface area (Å²) >= 11 is 0. The molecule has 0 amide bonds. The predicted molar refractivity (Wildman–Crippen MR) is 74.3 cm³/mol. The second-order valence-electron chi connectivity index (χ2n) is 5.28. The van der Waals surface area contributed by atoms with Gasteiger partial charge in [0.1, 0.15) is 5.82 Å². The molecule has 0 bridgehead atoms. The summed E-state index contributed by atoms with van der Waals surface area (Å²) in [7, 11) is 0. The molecule has 0 atom stereocenters. The number of nitrogens with two attached hydrogens (primary N) is 1. The topological polar surface area (TPSA) is 75.9 Å². The van der Waals surface area contributed by atoms with Gasteiger partial charge in [0.2, 0.25) is 5.95 Å². The van der Waals surface area contributed by atoms with Gasteiger partial charge in [-0.25, -0.2) is 10.8 Å². The zero-order valence-electron chi connectivity index (χ0n) is 11.3. The molecule has 1 aliphatic carbocycles. The summed E-state index contributed by atoms with van der Waals surface area (Å²) in [6, 6.07) is 0. The maximum Gasteiger partial charge on any atom is 0.239 e. The van der Waals surface area contributed by atoms with Crippen molar-refractivity contribution in [1.82, 2.24) is 9.97 Å². The van der Waals surface area contributed by atoms with Crippen molar-refractivity contribution in [3.8, 4) is 0 Å². The van der Waals surface area contributed by atoms with Gasteiger partial charge in [0, 0.05) is 18.3 Å². The largest absolute Gasteiger partial charge is 0.369 e. The Morgan fingerprint density at radius 2 is 2.11 bits per heavy atom. The van der Waals surface area contributed by atoms with Crippen LogP contribution in [0.1, 0.15) is 44.6 Å². The van der Waals surface area contributed by atoms with Crippen LogP contribution in [0.4, 0.5) is 11.8 Å². The Labute approximate surface area is 109 Å². The number of nitrogen functional groups attached to an aromatic ring is 1. The number of aromatic nitrogens is 2. The number of anilines is 2. The summed E-state index contributed by atoms with van der Waals surface area (Å²) in [6.07, 6.45) is 8.37. The normalized spacial score (nSPS) is 17.7. The van der Waals surface area contributed by atoms with E-state index >= 15 is 0 Å². The van der Waals surface area contributed by atoms with Gasteiger partial charge in [0.25, 0.3) is 0 Å². The highest BCUT2D eigenvalue weighted by molar-refractivity contribution is 5.46. The Bertz CT molecular complexity index is 398. The monoisotopic (exact) mass is 249 g/mol. The van der Waals surface area contributed by atoms with Crippen LogP contribution in [0.15, 0.2) is 6.20 Å². The van der Waals surface area contributed by atoms with Gasteiger partial charge >= 0.3 is 0 Å². The van der Waals surface area contributed by atoms with E-state index in [1.165, 1.54) is 32.1 Å². The van der Waals surface area contributed by atoms with Crippen molar-refractivity contribution in [3.63, 3.8) is 0 Å². The Kier molecular flexibility index (Phi) is 4.01. The molecule has 0 radical (unpaired) electrons. The average Bonchev–Trinajstić information content (AvgIpc) is 2.87. The van der Waals surface area contributed by atoms with Crippen LogP contribution in [0.2, 0.25) is 0 Å². The Hall–Kier alpha value is -1.36. The molecule has 4 N–H and O–H groups in total. The minimum Gasteiger partial charge on any atom is -0.369 e. The molecule has 1 aliphatic rings.